The number of quaternary nitrogens is 1. The summed E-state index contributed by atoms with van der Waals surface area (Å²) in [5, 5.41) is 11.3. The third-order valence-corrected chi connectivity index (χ3v) is 4.43. The van der Waals surface area contributed by atoms with Gasteiger partial charge >= 0.3 is 0 Å². The van der Waals surface area contributed by atoms with Gasteiger partial charge in [-0.05, 0) is 61.0 Å². The second-order valence-electron chi connectivity index (χ2n) is 6.60. The molecule has 2 N–H and O–H groups in total. The Morgan fingerprint density at radius 1 is 1.38 bits per heavy atom. The Morgan fingerprint density at radius 3 is 2.79 bits per heavy atom. The number of amides is 1. The molecule has 3 rings (SSSR count). The molecular weight excluding hydrogens is 324 g/mol. The lowest BCUT2D eigenvalue weighted by Crippen LogP contribution is -3.09. The van der Waals surface area contributed by atoms with Gasteiger partial charge in [-0.25, -0.2) is 0 Å². The van der Waals surface area contributed by atoms with Gasteiger partial charge in [0.1, 0.15) is 0 Å². The quantitative estimate of drug-likeness (QED) is 0.731. The van der Waals surface area contributed by atoms with Gasteiger partial charge in [0, 0.05) is 6.04 Å². The fraction of sp³-hybridized carbons (Fsp3) is 0.500. The number of benzene rings is 1. The molecule has 128 valence electrons. The first kappa shape index (κ1) is 16.8. The van der Waals surface area contributed by atoms with Crippen molar-refractivity contribution < 1.29 is 9.69 Å². The molecule has 1 heterocycles. The predicted molar refractivity (Wildman–Crippen MR) is 92.6 cm³/mol. The van der Waals surface area contributed by atoms with Crippen LogP contribution in [-0.2, 0) is 11.5 Å². The van der Waals surface area contributed by atoms with Gasteiger partial charge in [-0.2, -0.15) is 9.36 Å². The number of rotatable bonds is 6. The largest absolute Gasteiger partial charge is 0.348 e. The minimum Gasteiger partial charge on any atom is -0.348 e. The van der Waals surface area contributed by atoms with E-state index in [4.69, 9.17) is 12.2 Å². The van der Waals surface area contributed by atoms with E-state index in [9.17, 15) is 4.79 Å². The maximum atomic E-state index is 11.9. The first-order valence-corrected chi connectivity index (χ1v) is 8.56. The fourth-order valence-corrected chi connectivity index (χ4v) is 2.90. The molecule has 8 heteroatoms. The van der Waals surface area contributed by atoms with Crippen molar-refractivity contribution in [3.05, 3.63) is 34.1 Å². The van der Waals surface area contributed by atoms with Crippen molar-refractivity contribution in [1.82, 2.24) is 25.1 Å². The van der Waals surface area contributed by atoms with E-state index >= 15 is 0 Å². The van der Waals surface area contributed by atoms with Crippen molar-refractivity contribution in [2.45, 2.75) is 39.4 Å². The molecule has 24 heavy (non-hydrogen) atoms. The number of hydrogen-bond acceptors (Lipinski definition) is 4. The van der Waals surface area contributed by atoms with Gasteiger partial charge in [0.05, 0.1) is 12.7 Å². The normalized spacial score (nSPS) is 15.3. The number of nitrogens with zero attached hydrogens (tertiary/aromatic N) is 4. The van der Waals surface area contributed by atoms with E-state index in [2.05, 4.69) is 28.7 Å². The van der Waals surface area contributed by atoms with E-state index in [0.717, 1.165) is 29.0 Å². The van der Waals surface area contributed by atoms with Crippen LogP contribution in [0.3, 0.4) is 0 Å². The Morgan fingerprint density at radius 2 is 2.12 bits per heavy atom. The molecule has 1 aromatic carbocycles. The zero-order valence-electron chi connectivity index (χ0n) is 14.2. The summed E-state index contributed by atoms with van der Waals surface area (Å²) in [5.74, 6) is 0.0725. The number of carbonyl (C=O) groups excluding carboxylic acids is 1. The first-order chi connectivity index (χ1) is 11.4. The van der Waals surface area contributed by atoms with Crippen LogP contribution in [0.1, 0.15) is 24.0 Å². The zero-order chi connectivity index (χ0) is 17.3. The summed E-state index contributed by atoms with van der Waals surface area (Å²) in [7, 11) is 1.95. The second kappa shape index (κ2) is 6.82. The standard InChI is InChI=1S/C16H22N6OS/c1-11-4-7-14(12(2)8-11)22-16(24)21(18-19-22)10-20(3)9-15(23)17-13-5-6-13/h4,7-8,13H,5-6,9-10H2,1-3H3,(H,17,23)/p+1. The first-order valence-electron chi connectivity index (χ1n) is 8.15. The van der Waals surface area contributed by atoms with Gasteiger partial charge in [0.15, 0.2) is 13.2 Å². The summed E-state index contributed by atoms with van der Waals surface area (Å²) >= 11 is 5.50. The molecule has 1 aliphatic rings. The summed E-state index contributed by atoms with van der Waals surface area (Å²) in [5.41, 5.74) is 3.23. The number of carbonyl (C=O) groups is 1. The molecular formula is C16H23N6OS+. The average Bonchev–Trinajstić information content (AvgIpc) is 3.24. The number of tetrazole rings is 1. The molecule has 2 aromatic rings. The number of aromatic nitrogens is 4. The Kier molecular flexibility index (Phi) is 4.77. The van der Waals surface area contributed by atoms with Crippen LogP contribution in [0.25, 0.3) is 5.69 Å². The maximum absolute atomic E-state index is 11.9. The number of hydrogen-bond donors (Lipinski definition) is 2. The Hall–Kier alpha value is -2.06. The van der Waals surface area contributed by atoms with Gasteiger partial charge in [0.2, 0.25) is 4.77 Å². The zero-order valence-corrected chi connectivity index (χ0v) is 15.1. The summed E-state index contributed by atoms with van der Waals surface area (Å²) in [4.78, 5) is 12.9. The van der Waals surface area contributed by atoms with Crippen LogP contribution in [-0.4, -0.2) is 45.3 Å². The van der Waals surface area contributed by atoms with Crippen molar-refractivity contribution in [1.29, 1.82) is 0 Å². The molecule has 0 spiro atoms. The number of nitrogens with one attached hydrogen (secondary N) is 2. The molecule has 1 amide bonds. The van der Waals surface area contributed by atoms with E-state index in [1.54, 1.807) is 9.36 Å². The summed E-state index contributed by atoms with van der Waals surface area (Å²) in [6.45, 7) is 4.98. The molecule has 1 aliphatic carbocycles. The van der Waals surface area contributed by atoms with Crippen molar-refractivity contribution in [2.24, 2.45) is 0 Å². The Bertz CT molecular complexity index is 807. The van der Waals surface area contributed by atoms with Gasteiger partial charge in [-0.3, -0.25) is 4.79 Å². The van der Waals surface area contributed by atoms with Crippen LogP contribution < -0.4 is 10.2 Å². The van der Waals surface area contributed by atoms with Crippen molar-refractivity contribution >= 4 is 18.1 Å². The third kappa shape index (κ3) is 3.88. The lowest BCUT2D eigenvalue weighted by Gasteiger charge is -2.13. The van der Waals surface area contributed by atoms with Crippen LogP contribution in [0.4, 0.5) is 0 Å². The van der Waals surface area contributed by atoms with E-state index in [0.29, 0.717) is 24.0 Å². The Balaban J connectivity index is 1.70. The van der Waals surface area contributed by atoms with Gasteiger partial charge in [-0.15, -0.1) is 0 Å². The molecule has 1 atom stereocenters. The molecule has 1 saturated carbocycles. The number of aryl methyl sites for hydroxylation is 2. The SMILES string of the molecule is Cc1ccc(-n2nnn(C[NH+](C)CC(=O)NC3CC3)c2=S)c(C)c1. The van der Waals surface area contributed by atoms with Crippen LogP contribution >= 0.6 is 12.2 Å². The van der Waals surface area contributed by atoms with E-state index in [-0.39, 0.29) is 5.91 Å². The fourth-order valence-electron chi connectivity index (χ4n) is 2.66. The molecule has 1 fully saturated rings. The monoisotopic (exact) mass is 347 g/mol. The Labute approximate surface area is 146 Å². The van der Waals surface area contributed by atoms with Crippen molar-refractivity contribution in [3.8, 4) is 5.69 Å². The van der Waals surface area contributed by atoms with E-state index in [1.807, 2.05) is 26.1 Å². The van der Waals surface area contributed by atoms with Crippen molar-refractivity contribution in [2.75, 3.05) is 13.6 Å². The van der Waals surface area contributed by atoms with Crippen LogP contribution in [0.5, 0.6) is 0 Å². The van der Waals surface area contributed by atoms with Gasteiger partial charge in [-0.1, -0.05) is 17.7 Å². The molecule has 0 saturated heterocycles. The minimum atomic E-state index is 0.0725. The molecule has 7 nitrogen and oxygen atoms in total. The van der Waals surface area contributed by atoms with Gasteiger partial charge in [0.25, 0.3) is 5.91 Å². The molecule has 0 radical (unpaired) electrons. The summed E-state index contributed by atoms with van der Waals surface area (Å²) in [6, 6.07) is 6.51. The lowest BCUT2D eigenvalue weighted by molar-refractivity contribution is -0.895. The topological polar surface area (TPSA) is 69.2 Å². The molecule has 0 aliphatic heterocycles. The van der Waals surface area contributed by atoms with Gasteiger partial charge < -0.3 is 10.2 Å². The van der Waals surface area contributed by atoms with E-state index in [1.165, 1.54) is 5.56 Å². The lowest BCUT2D eigenvalue weighted by atomic mass is 10.1. The summed E-state index contributed by atoms with van der Waals surface area (Å²) < 4.78 is 3.86. The van der Waals surface area contributed by atoms with Crippen LogP contribution in [0, 0.1) is 18.6 Å². The number of likely N-dealkylation sites (N-methyl/N-ethyl adjacent to an activating group) is 1. The van der Waals surface area contributed by atoms with Crippen molar-refractivity contribution in [3.63, 3.8) is 0 Å². The smallest absolute Gasteiger partial charge is 0.275 e. The maximum Gasteiger partial charge on any atom is 0.275 e. The molecule has 0 bridgehead atoms. The highest BCUT2D eigenvalue weighted by Gasteiger charge is 2.24. The highest BCUT2D eigenvalue weighted by atomic mass is 32.1. The highest BCUT2D eigenvalue weighted by Crippen LogP contribution is 2.18. The highest BCUT2D eigenvalue weighted by molar-refractivity contribution is 7.71. The average molecular weight is 347 g/mol. The van der Waals surface area contributed by atoms with Crippen LogP contribution in [0.2, 0.25) is 0 Å². The molecule has 1 unspecified atom stereocenters. The minimum absolute atomic E-state index is 0.0725. The second-order valence-corrected chi connectivity index (χ2v) is 6.96. The predicted octanol–water partition coefficient (Wildman–Crippen LogP) is 0.166. The molecule has 1 aromatic heterocycles. The van der Waals surface area contributed by atoms with E-state index < -0.39 is 0 Å². The van der Waals surface area contributed by atoms with Crippen LogP contribution in [0.15, 0.2) is 18.2 Å². The summed E-state index contributed by atoms with van der Waals surface area (Å²) in [6.07, 6.45) is 2.19. The third-order valence-electron chi connectivity index (χ3n) is 4.04.